The fourth-order valence-electron chi connectivity index (χ4n) is 1.17. The Bertz CT molecular complexity index is 401. The maximum atomic E-state index is 11.4. The second-order valence-corrected chi connectivity index (χ2v) is 2.85. The van der Waals surface area contributed by atoms with Crippen LogP contribution < -0.4 is 4.74 Å². The van der Waals surface area contributed by atoms with Crippen LogP contribution in [0.3, 0.4) is 0 Å². The van der Waals surface area contributed by atoms with Crippen molar-refractivity contribution in [3.05, 3.63) is 29.8 Å². The van der Waals surface area contributed by atoms with Crippen molar-refractivity contribution in [1.29, 1.82) is 0 Å². The zero-order valence-electron chi connectivity index (χ0n) is 9.39. The summed E-state index contributed by atoms with van der Waals surface area (Å²) in [5, 5.41) is 3.63. The Labute approximate surface area is 93.6 Å². The monoisotopic (exact) mass is 223 g/mol. The molecule has 0 heterocycles. The third-order valence-electron chi connectivity index (χ3n) is 1.90. The van der Waals surface area contributed by atoms with Crippen LogP contribution in [-0.2, 0) is 14.4 Å². The molecule has 1 rings (SSSR count). The van der Waals surface area contributed by atoms with Crippen molar-refractivity contribution in [2.45, 2.75) is 0 Å². The normalized spacial score (nSPS) is 10.8. The zero-order valence-corrected chi connectivity index (χ0v) is 9.39. The molecule has 0 saturated carbocycles. The van der Waals surface area contributed by atoms with E-state index in [0.29, 0.717) is 11.3 Å². The lowest BCUT2D eigenvalue weighted by atomic mass is 10.1. The molecule has 0 aliphatic heterocycles. The van der Waals surface area contributed by atoms with E-state index in [9.17, 15) is 4.79 Å². The molecule has 0 amide bonds. The van der Waals surface area contributed by atoms with E-state index < -0.39 is 5.97 Å². The molecule has 0 aromatic heterocycles. The number of methoxy groups -OCH3 is 2. The number of hydrogen-bond acceptors (Lipinski definition) is 5. The molecule has 5 heteroatoms. The van der Waals surface area contributed by atoms with Crippen LogP contribution in [0.25, 0.3) is 0 Å². The second-order valence-electron chi connectivity index (χ2n) is 2.85. The van der Waals surface area contributed by atoms with Gasteiger partial charge in [-0.25, -0.2) is 4.79 Å². The lowest BCUT2D eigenvalue weighted by Crippen LogP contribution is -2.17. The van der Waals surface area contributed by atoms with E-state index in [4.69, 9.17) is 4.74 Å². The van der Waals surface area contributed by atoms with Crippen LogP contribution in [0.15, 0.2) is 29.4 Å². The van der Waals surface area contributed by atoms with Crippen molar-refractivity contribution < 1.29 is 19.1 Å². The average Bonchev–Trinajstić information content (AvgIpc) is 2.35. The average molecular weight is 223 g/mol. The standard InChI is InChI=1S/C11H13NO4/c1-14-9-6-4-5-8(7-9)10(12-16-3)11(13)15-2/h4-7H,1-3H3/b12-10-. The van der Waals surface area contributed by atoms with Gasteiger partial charge in [0.2, 0.25) is 0 Å². The maximum Gasteiger partial charge on any atom is 0.360 e. The molecule has 0 aliphatic carbocycles. The molecule has 0 saturated heterocycles. The van der Waals surface area contributed by atoms with Crippen molar-refractivity contribution in [3.8, 4) is 5.75 Å². The highest BCUT2D eigenvalue weighted by Gasteiger charge is 2.15. The van der Waals surface area contributed by atoms with Crippen LogP contribution in [0.2, 0.25) is 0 Å². The predicted molar refractivity (Wildman–Crippen MR) is 58.6 cm³/mol. The van der Waals surface area contributed by atoms with E-state index >= 15 is 0 Å². The molecule has 1 aromatic rings. The van der Waals surface area contributed by atoms with Gasteiger partial charge in [0.15, 0.2) is 5.71 Å². The second kappa shape index (κ2) is 5.75. The highest BCUT2D eigenvalue weighted by molar-refractivity contribution is 6.43. The molecular formula is C11H13NO4. The molecule has 0 fully saturated rings. The van der Waals surface area contributed by atoms with Gasteiger partial charge in [0.1, 0.15) is 12.9 Å². The predicted octanol–water partition coefficient (Wildman–Crippen LogP) is 1.22. The summed E-state index contributed by atoms with van der Waals surface area (Å²) in [6, 6.07) is 6.92. The Morgan fingerprint density at radius 3 is 2.56 bits per heavy atom. The van der Waals surface area contributed by atoms with Crippen LogP contribution >= 0.6 is 0 Å². The number of nitrogens with zero attached hydrogens (tertiary/aromatic N) is 1. The Balaban J connectivity index is 3.11. The molecule has 0 radical (unpaired) electrons. The molecule has 86 valence electrons. The fraction of sp³-hybridized carbons (Fsp3) is 0.273. The molecule has 0 aliphatic rings. The highest BCUT2D eigenvalue weighted by atomic mass is 16.6. The summed E-state index contributed by atoms with van der Waals surface area (Å²) in [5.74, 6) is 0.0697. The Morgan fingerprint density at radius 1 is 1.25 bits per heavy atom. The number of carbonyl (C=O) groups excluding carboxylic acids is 1. The van der Waals surface area contributed by atoms with Gasteiger partial charge in [0.05, 0.1) is 14.2 Å². The minimum absolute atomic E-state index is 0.101. The quantitative estimate of drug-likeness (QED) is 0.437. The topological polar surface area (TPSA) is 57.1 Å². The molecular weight excluding hydrogens is 210 g/mol. The fourth-order valence-corrected chi connectivity index (χ4v) is 1.17. The Hall–Kier alpha value is -2.04. The molecule has 1 aromatic carbocycles. The van der Waals surface area contributed by atoms with Crippen LogP contribution in [0.1, 0.15) is 5.56 Å². The number of carbonyl (C=O) groups is 1. The summed E-state index contributed by atoms with van der Waals surface area (Å²) >= 11 is 0. The van der Waals surface area contributed by atoms with Gasteiger partial charge in [0.25, 0.3) is 0 Å². The first kappa shape index (κ1) is 12.0. The van der Waals surface area contributed by atoms with E-state index in [1.54, 1.807) is 31.4 Å². The van der Waals surface area contributed by atoms with Crippen LogP contribution in [0.4, 0.5) is 0 Å². The lowest BCUT2D eigenvalue weighted by Gasteiger charge is -2.05. The molecule has 0 bridgehead atoms. The molecule has 5 nitrogen and oxygen atoms in total. The highest BCUT2D eigenvalue weighted by Crippen LogP contribution is 2.14. The van der Waals surface area contributed by atoms with Crippen molar-refractivity contribution in [2.24, 2.45) is 5.16 Å². The molecule has 16 heavy (non-hydrogen) atoms. The van der Waals surface area contributed by atoms with Gasteiger partial charge in [-0.05, 0) is 12.1 Å². The Morgan fingerprint density at radius 2 is 2.00 bits per heavy atom. The van der Waals surface area contributed by atoms with Crippen molar-refractivity contribution in [3.63, 3.8) is 0 Å². The van der Waals surface area contributed by atoms with Crippen LogP contribution in [0, 0.1) is 0 Å². The number of oxime groups is 1. The maximum absolute atomic E-state index is 11.4. The third-order valence-corrected chi connectivity index (χ3v) is 1.90. The van der Waals surface area contributed by atoms with Gasteiger partial charge in [-0.3, -0.25) is 0 Å². The van der Waals surface area contributed by atoms with Gasteiger partial charge in [-0.15, -0.1) is 0 Å². The molecule has 0 unspecified atom stereocenters. The number of ether oxygens (including phenoxy) is 2. The van der Waals surface area contributed by atoms with Gasteiger partial charge >= 0.3 is 5.97 Å². The number of benzene rings is 1. The summed E-state index contributed by atoms with van der Waals surface area (Å²) in [6.45, 7) is 0. The van der Waals surface area contributed by atoms with E-state index in [1.165, 1.54) is 14.2 Å². The Kier molecular flexibility index (Phi) is 4.32. The first-order valence-electron chi connectivity index (χ1n) is 4.56. The summed E-state index contributed by atoms with van der Waals surface area (Å²) in [4.78, 5) is 16.0. The van der Waals surface area contributed by atoms with Gasteiger partial charge in [-0.1, -0.05) is 17.3 Å². The largest absolute Gasteiger partial charge is 0.497 e. The van der Waals surface area contributed by atoms with Crippen molar-refractivity contribution in [2.75, 3.05) is 21.3 Å². The van der Waals surface area contributed by atoms with E-state index in [-0.39, 0.29) is 5.71 Å². The van der Waals surface area contributed by atoms with Gasteiger partial charge < -0.3 is 14.3 Å². The first-order chi connectivity index (χ1) is 7.72. The van der Waals surface area contributed by atoms with E-state index in [2.05, 4.69) is 14.7 Å². The van der Waals surface area contributed by atoms with E-state index in [0.717, 1.165) is 0 Å². The van der Waals surface area contributed by atoms with Gasteiger partial charge in [-0.2, -0.15) is 0 Å². The van der Waals surface area contributed by atoms with Crippen molar-refractivity contribution in [1.82, 2.24) is 0 Å². The van der Waals surface area contributed by atoms with Crippen LogP contribution in [-0.4, -0.2) is 33.0 Å². The number of esters is 1. The van der Waals surface area contributed by atoms with Crippen molar-refractivity contribution >= 4 is 11.7 Å². The minimum atomic E-state index is -0.560. The minimum Gasteiger partial charge on any atom is -0.497 e. The number of rotatable bonds is 4. The summed E-state index contributed by atoms with van der Waals surface area (Å²) in [5.41, 5.74) is 0.678. The SMILES string of the molecule is CO/N=C(\C(=O)OC)c1cccc(OC)c1. The summed E-state index contributed by atoms with van der Waals surface area (Å²) in [6.07, 6.45) is 0. The summed E-state index contributed by atoms with van der Waals surface area (Å²) in [7, 11) is 4.20. The zero-order chi connectivity index (χ0) is 12.0. The first-order valence-corrected chi connectivity index (χ1v) is 4.56. The number of hydrogen-bond donors (Lipinski definition) is 0. The third kappa shape index (κ3) is 2.73. The molecule has 0 N–H and O–H groups in total. The summed E-state index contributed by atoms with van der Waals surface area (Å²) < 4.78 is 9.65. The van der Waals surface area contributed by atoms with Gasteiger partial charge in [0, 0.05) is 5.56 Å². The molecule has 0 atom stereocenters. The lowest BCUT2D eigenvalue weighted by molar-refractivity contribution is -0.132. The molecule has 0 spiro atoms. The van der Waals surface area contributed by atoms with E-state index in [1.807, 2.05) is 0 Å². The smallest absolute Gasteiger partial charge is 0.360 e. The van der Waals surface area contributed by atoms with Crippen LogP contribution in [0.5, 0.6) is 5.75 Å².